The maximum absolute atomic E-state index is 2.53. The summed E-state index contributed by atoms with van der Waals surface area (Å²) in [6.45, 7) is 13.9. The predicted octanol–water partition coefficient (Wildman–Crippen LogP) is 15.7. The molecule has 0 nitrogen and oxygen atoms in total. The molecule has 0 fully saturated rings. The van der Waals surface area contributed by atoms with Gasteiger partial charge in [-0.25, -0.2) is 0 Å². The van der Waals surface area contributed by atoms with Gasteiger partial charge in [0.05, 0.1) is 0 Å². The number of benzene rings is 9. The van der Waals surface area contributed by atoms with E-state index in [1.54, 1.807) is 0 Å². The van der Waals surface area contributed by atoms with Crippen molar-refractivity contribution in [3.8, 4) is 22.3 Å². The van der Waals surface area contributed by atoms with Crippen molar-refractivity contribution in [1.29, 1.82) is 0 Å². The van der Waals surface area contributed by atoms with Crippen molar-refractivity contribution < 1.29 is 0 Å². The highest BCUT2D eigenvalue weighted by atomic mass is 14.3. The second kappa shape index (κ2) is 10.8. The third-order valence-electron chi connectivity index (χ3n) is 12.4. The molecule has 54 heavy (non-hydrogen) atoms. The number of fused-ring (bicyclic) bond motifs is 11. The number of rotatable bonds is 2. The van der Waals surface area contributed by atoms with Crippen LogP contribution in [0.5, 0.6) is 0 Å². The molecule has 0 bridgehead atoms. The molecular weight excluding hydrogens is 649 g/mol. The molecule has 11 aromatic carbocycles. The summed E-state index contributed by atoms with van der Waals surface area (Å²) in [7, 11) is 0. The highest BCUT2D eigenvalue weighted by molar-refractivity contribution is 6.40. The van der Waals surface area contributed by atoms with Gasteiger partial charge in [-0.15, -0.1) is 0 Å². The Morgan fingerprint density at radius 3 is 0.870 bits per heavy atom. The van der Waals surface area contributed by atoms with Crippen LogP contribution in [-0.4, -0.2) is 0 Å². The fraction of sp³-hybridized carbons (Fsp3) is 0.148. The molecule has 0 N–H and O–H groups in total. The van der Waals surface area contributed by atoms with Crippen LogP contribution < -0.4 is 0 Å². The van der Waals surface area contributed by atoms with E-state index in [1.807, 2.05) is 0 Å². The summed E-state index contributed by atoms with van der Waals surface area (Å²) in [6.07, 6.45) is 0. The first-order valence-electron chi connectivity index (χ1n) is 19.4. The summed E-state index contributed by atoms with van der Waals surface area (Å²) in [5, 5.41) is 21.5. The Labute approximate surface area is 316 Å². The van der Waals surface area contributed by atoms with Gasteiger partial charge in [0.2, 0.25) is 0 Å². The average Bonchev–Trinajstić information content (AvgIpc) is 3.67. The lowest BCUT2D eigenvalue weighted by molar-refractivity contribution is 0.591. The first-order valence-corrected chi connectivity index (χ1v) is 19.4. The Bertz CT molecular complexity index is 3070. The molecule has 0 aromatic heterocycles. The maximum Gasteiger partial charge on any atom is -0.00195 e. The molecule has 0 aliphatic heterocycles. The average molecular weight is 691 g/mol. The summed E-state index contributed by atoms with van der Waals surface area (Å²) >= 11 is 0. The quantitative estimate of drug-likeness (QED) is 0.158. The smallest absolute Gasteiger partial charge is 0.00195 e. The summed E-state index contributed by atoms with van der Waals surface area (Å²) < 4.78 is 0. The first kappa shape index (κ1) is 31.5. The minimum absolute atomic E-state index is 0.0538. The summed E-state index contributed by atoms with van der Waals surface area (Å²) in [5.41, 5.74) is 7.88. The van der Waals surface area contributed by atoms with Crippen LogP contribution in [0.3, 0.4) is 0 Å². The van der Waals surface area contributed by atoms with Crippen molar-refractivity contribution in [2.75, 3.05) is 0 Å². The van der Waals surface area contributed by atoms with Gasteiger partial charge < -0.3 is 0 Å². The molecule has 0 heteroatoms. The van der Waals surface area contributed by atoms with E-state index in [9.17, 15) is 0 Å². The van der Waals surface area contributed by atoms with E-state index in [0.29, 0.717) is 0 Å². The van der Waals surface area contributed by atoms with Gasteiger partial charge in [-0.2, -0.15) is 0 Å². The van der Waals surface area contributed by atoms with Gasteiger partial charge in [-0.1, -0.05) is 139 Å². The van der Waals surface area contributed by atoms with Crippen LogP contribution in [0.25, 0.3) is 108 Å². The second-order valence-electron chi connectivity index (χ2n) is 17.7. The normalized spacial score (nSPS) is 13.0. The van der Waals surface area contributed by atoms with Crippen LogP contribution in [-0.2, 0) is 10.8 Å². The lowest BCUT2D eigenvalue weighted by Gasteiger charge is -2.19. The fourth-order valence-electron chi connectivity index (χ4n) is 9.52. The van der Waals surface area contributed by atoms with Gasteiger partial charge in [0.15, 0.2) is 0 Å². The lowest BCUT2D eigenvalue weighted by Crippen LogP contribution is -2.10. The van der Waals surface area contributed by atoms with Gasteiger partial charge in [-0.3, -0.25) is 0 Å². The van der Waals surface area contributed by atoms with Gasteiger partial charge in [0, 0.05) is 0 Å². The van der Waals surface area contributed by atoms with Crippen LogP contribution in [0.4, 0.5) is 0 Å². The molecular formula is C54H42. The van der Waals surface area contributed by atoms with Crippen molar-refractivity contribution in [3.63, 3.8) is 0 Å². The number of hydrogen-bond acceptors (Lipinski definition) is 0. The Kier molecular flexibility index (Phi) is 6.31. The van der Waals surface area contributed by atoms with Gasteiger partial charge >= 0.3 is 0 Å². The minimum atomic E-state index is 0.0538. The zero-order valence-electron chi connectivity index (χ0n) is 31.9. The van der Waals surface area contributed by atoms with Crippen molar-refractivity contribution in [1.82, 2.24) is 0 Å². The molecule has 0 radical (unpaired) electrons. The van der Waals surface area contributed by atoms with E-state index in [2.05, 4.69) is 187 Å². The predicted molar refractivity (Wildman–Crippen MR) is 237 cm³/mol. The highest BCUT2D eigenvalue weighted by Gasteiger charge is 2.23. The van der Waals surface area contributed by atoms with Gasteiger partial charge in [0.25, 0.3) is 0 Å². The van der Waals surface area contributed by atoms with Crippen molar-refractivity contribution >= 4 is 86.2 Å². The van der Waals surface area contributed by atoms with E-state index in [4.69, 9.17) is 0 Å². The lowest BCUT2D eigenvalue weighted by atomic mass is 9.86. The fourth-order valence-corrected chi connectivity index (χ4v) is 9.52. The summed E-state index contributed by atoms with van der Waals surface area (Å²) in [6, 6.07) is 55.9. The maximum atomic E-state index is 2.53. The highest BCUT2D eigenvalue weighted by Crippen LogP contribution is 2.49. The van der Waals surface area contributed by atoms with Gasteiger partial charge in [-0.05, 0) is 179 Å². The molecule has 0 amide bonds. The van der Waals surface area contributed by atoms with E-state index >= 15 is 0 Å². The Morgan fingerprint density at radius 1 is 0.241 bits per heavy atom. The topological polar surface area (TPSA) is 0 Å². The molecule has 0 aliphatic carbocycles. The monoisotopic (exact) mass is 690 g/mol. The molecule has 0 atom stereocenters. The number of hydrogen-bond donors (Lipinski definition) is 0. The van der Waals surface area contributed by atoms with E-state index < -0.39 is 0 Å². The van der Waals surface area contributed by atoms with Crippen LogP contribution >= 0.6 is 0 Å². The molecule has 0 unspecified atom stereocenters. The molecule has 258 valence electrons. The van der Waals surface area contributed by atoms with Crippen LogP contribution in [0, 0.1) is 0 Å². The Morgan fingerprint density at radius 2 is 0.537 bits per heavy atom. The Balaban J connectivity index is 1.35. The Hall–Kier alpha value is -5.98. The van der Waals surface area contributed by atoms with E-state index in [-0.39, 0.29) is 10.8 Å². The van der Waals surface area contributed by atoms with Crippen LogP contribution in [0.1, 0.15) is 52.7 Å². The third-order valence-corrected chi connectivity index (χ3v) is 12.4. The summed E-state index contributed by atoms with van der Waals surface area (Å²) in [4.78, 5) is 0. The SMILES string of the molecule is CC(C)(C)c1ccc2c(c1)c1cc3c4cc5c6cc(C(C)(C)C)ccc6c6cc(-c7ccccc7)cc(c4ccc3c3cc(-c4ccccc4)cc2c31)c65. The first-order chi connectivity index (χ1) is 26.0. The molecule has 0 spiro atoms. The molecule has 11 rings (SSSR count). The van der Waals surface area contributed by atoms with Crippen molar-refractivity contribution in [2.24, 2.45) is 0 Å². The third kappa shape index (κ3) is 4.44. The molecule has 11 aromatic rings. The zero-order valence-corrected chi connectivity index (χ0v) is 31.9. The van der Waals surface area contributed by atoms with Crippen LogP contribution in [0.15, 0.2) is 146 Å². The standard InChI is InChI=1S/C54H42/c1-53(2,3)35-17-19-37-41(27-35)49-29-43-39(47-25-33(23-45(37)51(47)49)31-13-9-7-10-14-31)21-22-40-44(43)30-50-42-28-36(54(4,5)6)18-20-38(42)46-24-34(26-48(40)52(46)50)32-15-11-8-12-16-32/h7-30H,1-6H3. The largest absolute Gasteiger partial charge is 0.0622 e. The van der Waals surface area contributed by atoms with Crippen LogP contribution in [0.2, 0.25) is 0 Å². The molecule has 0 heterocycles. The van der Waals surface area contributed by atoms with Crippen molar-refractivity contribution in [2.45, 2.75) is 52.4 Å². The molecule has 0 aliphatic rings. The van der Waals surface area contributed by atoms with Gasteiger partial charge in [0.1, 0.15) is 0 Å². The molecule has 0 saturated heterocycles. The second-order valence-corrected chi connectivity index (χ2v) is 17.7. The minimum Gasteiger partial charge on any atom is -0.0622 e. The van der Waals surface area contributed by atoms with E-state index in [1.165, 1.54) is 120 Å². The van der Waals surface area contributed by atoms with E-state index in [0.717, 1.165) is 0 Å². The summed E-state index contributed by atoms with van der Waals surface area (Å²) in [5.74, 6) is 0. The zero-order chi connectivity index (χ0) is 36.7. The van der Waals surface area contributed by atoms with Crippen molar-refractivity contribution in [3.05, 3.63) is 157 Å². The molecule has 0 saturated carbocycles.